The largest absolute Gasteiger partial charge is 0.481 e. The predicted molar refractivity (Wildman–Crippen MR) is 96.9 cm³/mol. The molecule has 0 spiro atoms. The maximum atomic E-state index is 11.9. The van der Waals surface area contributed by atoms with Gasteiger partial charge in [0.15, 0.2) is 0 Å². The number of amides is 2. The number of alkyl carbamates (subject to hydrolysis) is 1. The molecule has 5 N–H and O–H groups in total. The van der Waals surface area contributed by atoms with Crippen LogP contribution in [0.5, 0.6) is 0 Å². The molecule has 11 nitrogen and oxygen atoms in total. The zero-order valence-corrected chi connectivity index (χ0v) is 15.4. The topological polar surface area (TPSA) is 179 Å². The maximum Gasteiger partial charge on any atom is 0.408 e. The highest BCUT2D eigenvalue weighted by Gasteiger charge is 2.24. The highest BCUT2D eigenvalue weighted by atomic mass is 16.5. The van der Waals surface area contributed by atoms with Gasteiger partial charge in [-0.3, -0.25) is 9.59 Å². The van der Waals surface area contributed by atoms with Crippen LogP contribution in [0.15, 0.2) is 30.3 Å². The summed E-state index contributed by atoms with van der Waals surface area (Å²) in [6, 6.07) is 5.88. The van der Waals surface area contributed by atoms with Crippen LogP contribution in [0.1, 0.15) is 31.2 Å². The van der Waals surface area contributed by atoms with Crippen LogP contribution in [0.2, 0.25) is 0 Å². The number of nitrogens with one attached hydrogen (secondary N) is 2. The first-order chi connectivity index (χ1) is 13.7. The van der Waals surface area contributed by atoms with Crippen LogP contribution in [0.4, 0.5) is 4.79 Å². The average molecular weight is 410 g/mol. The molecule has 0 aromatic heterocycles. The lowest BCUT2D eigenvalue weighted by Crippen LogP contribution is -2.44. The van der Waals surface area contributed by atoms with E-state index in [9.17, 15) is 29.1 Å². The van der Waals surface area contributed by atoms with Crippen molar-refractivity contribution in [3.63, 3.8) is 0 Å². The van der Waals surface area contributed by atoms with Gasteiger partial charge in [-0.2, -0.15) is 0 Å². The molecule has 1 aromatic rings. The third-order valence-electron chi connectivity index (χ3n) is 3.74. The second-order valence-corrected chi connectivity index (χ2v) is 6.03. The minimum absolute atomic E-state index is 0.0661. The number of hydrogen-bond donors (Lipinski definition) is 5. The van der Waals surface area contributed by atoms with E-state index in [1.54, 1.807) is 30.3 Å². The molecule has 2 atom stereocenters. The van der Waals surface area contributed by atoms with Crippen molar-refractivity contribution >= 4 is 29.9 Å². The van der Waals surface area contributed by atoms with Gasteiger partial charge >= 0.3 is 24.0 Å². The van der Waals surface area contributed by atoms with E-state index in [1.165, 1.54) is 0 Å². The van der Waals surface area contributed by atoms with E-state index in [2.05, 4.69) is 10.6 Å². The molecule has 2 amide bonds. The zero-order valence-electron chi connectivity index (χ0n) is 15.4. The fraction of sp³-hybridized carbons (Fsp3) is 0.389. The Labute approximate surface area is 165 Å². The summed E-state index contributed by atoms with van der Waals surface area (Å²) in [5, 5.41) is 31.0. The van der Waals surface area contributed by atoms with Crippen LogP contribution in [0, 0.1) is 0 Å². The summed E-state index contributed by atoms with van der Waals surface area (Å²) in [6.45, 7) is -0.0661. The Morgan fingerprint density at radius 1 is 0.828 bits per heavy atom. The summed E-state index contributed by atoms with van der Waals surface area (Å²) < 4.78 is 4.92. The number of aliphatic carboxylic acids is 3. The molecule has 0 aliphatic carbocycles. The van der Waals surface area contributed by atoms with Crippen LogP contribution in [-0.4, -0.2) is 57.3 Å². The number of carboxylic acid groups (broad SMARTS) is 3. The standard InChI is InChI=1S/C18H22N2O9/c21-14(19-12(16(24)25)7-9-15(22)23)8-6-13(17(26)27)20-18(28)29-10-11-4-2-1-3-5-11/h1-5,12-13H,6-10H2,(H,19,21)(H,20,28)(H,22,23)(H,24,25)(H,26,27)/t12-,13+/m1/s1. The molecular formula is C18H22N2O9. The van der Waals surface area contributed by atoms with Gasteiger partial charge in [-0.1, -0.05) is 30.3 Å². The Balaban J connectivity index is 2.48. The molecule has 0 bridgehead atoms. The third kappa shape index (κ3) is 9.75. The fourth-order valence-electron chi connectivity index (χ4n) is 2.23. The molecule has 0 radical (unpaired) electrons. The Kier molecular flexibility index (Phi) is 9.65. The summed E-state index contributed by atoms with van der Waals surface area (Å²) in [4.78, 5) is 56.5. The smallest absolute Gasteiger partial charge is 0.408 e. The summed E-state index contributed by atoms with van der Waals surface area (Å²) >= 11 is 0. The molecule has 0 unspecified atom stereocenters. The van der Waals surface area contributed by atoms with Gasteiger partial charge in [0.2, 0.25) is 5.91 Å². The van der Waals surface area contributed by atoms with Crippen LogP contribution >= 0.6 is 0 Å². The first kappa shape index (κ1) is 23.4. The molecule has 0 saturated carbocycles. The van der Waals surface area contributed by atoms with Crippen LogP contribution in [0.3, 0.4) is 0 Å². The summed E-state index contributed by atoms with van der Waals surface area (Å²) in [7, 11) is 0. The second kappa shape index (κ2) is 12.0. The minimum Gasteiger partial charge on any atom is -0.481 e. The number of rotatable bonds is 12. The van der Waals surface area contributed by atoms with Crippen molar-refractivity contribution in [2.24, 2.45) is 0 Å². The number of benzene rings is 1. The second-order valence-electron chi connectivity index (χ2n) is 6.03. The molecule has 0 aliphatic heterocycles. The monoisotopic (exact) mass is 410 g/mol. The lowest BCUT2D eigenvalue weighted by Gasteiger charge is -2.16. The normalized spacial score (nSPS) is 12.3. The van der Waals surface area contributed by atoms with Gasteiger partial charge in [0.1, 0.15) is 18.7 Å². The van der Waals surface area contributed by atoms with Gasteiger partial charge in [0, 0.05) is 12.8 Å². The van der Waals surface area contributed by atoms with E-state index in [1.807, 2.05) is 0 Å². The van der Waals surface area contributed by atoms with Crippen molar-refractivity contribution < 1.29 is 44.0 Å². The van der Waals surface area contributed by atoms with Crippen LogP contribution in [0.25, 0.3) is 0 Å². The van der Waals surface area contributed by atoms with Crippen molar-refractivity contribution in [3.05, 3.63) is 35.9 Å². The number of hydrogen-bond acceptors (Lipinski definition) is 6. The molecule has 0 fully saturated rings. The molecule has 0 heterocycles. The molecular weight excluding hydrogens is 388 g/mol. The Morgan fingerprint density at radius 3 is 1.93 bits per heavy atom. The van der Waals surface area contributed by atoms with E-state index in [4.69, 9.17) is 14.9 Å². The fourth-order valence-corrected chi connectivity index (χ4v) is 2.23. The minimum atomic E-state index is -1.42. The summed E-state index contributed by atoms with van der Waals surface area (Å²) in [6.07, 6.45) is -2.46. The van der Waals surface area contributed by atoms with Crippen molar-refractivity contribution in [2.45, 2.75) is 44.4 Å². The number of carboxylic acids is 3. The predicted octanol–water partition coefficient (Wildman–Crippen LogP) is 0.580. The molecule has 29 heavy (non-hydrogen) atoms. The van der Waals surface area contributed by atoms with Crippen molar-refractivity contribution in [1.82, 2.24) is 10.6 Å². The van der Waals surface area contributed by atoms with Crippen LogP contribution in [-0.2, 0) is 30.5 Å². The molecule has 1 aromatic carbocycles. The Morgan fingerprint density at radius 2 is 1.38 bits per heavy atom. The van der Waals surface area contributed by atoms with Gasteiger partial charge in [-0.25, -0.2) is 14.4 Å². The molecule has 0 aliphatic rings. The van der Waals surface area contributed by atoms with E-state index in [0.717, 1.165) is 0 Å². The SMILES string of the molecule is O=C(O)CC[C@@H](NC(=O)CC[C@H](NC(=O)OCc1ccccc1)C(=O)O)C(=O)O. The lowest BCUT2D eigenvalue weighted by atomic mass is 10.1. The van der Waals surface area contributed by atoms with Crippen LogP contribution < -0.4 is 10.6 Å². The molecule has 158 valence electrons. The summed E-state index contributed by atoms with van der Waals surface area (Å²) in [5.74, 6) is -4.80. The molecule has 11 heteroatoms. The number of ether oxygens (including phenoxy) is 1. The van der Waals surface area contributed by atoms with Gasteiger partial charge < -0.3 is 30.7 Å². The average Bonchev–Trinajstić information content (AvgIpc) is 2.66. The zero-order chi connectivity index (χ0) is 21.8. The Bertz CT molecular complexity index is 736. The maximum absolute atomic E-state index is 11.9. The first-order valence-corrected chi connectivity index (χ1v) is 8.63. The van der Waals surface area contributed by atoms with E-state index in [0.29, 0.717) is 5.56 Å². The summed E-state index contributed by atoms with van der Waals surface area (Å²) in [5.41, 5.74) is 0.704. The van der Waals surface area contributed by atoms with Gasteiger partial charge in [0.05, 0.1) is 0 Å². The lowest BCUT2D eigenvalue weighted by molar-refractivity contribution is -0.143. The van der Waals surface area contributed by atoms with Gasteiger partial charge in [0.25, 0.3) is 0 Å². The third-order valence-corrected chi connectivity index (χ3v) is 3.74. The molecule has 1 rings (SSSR count). The van der Waals surface area contributed by atoms with Crippen molar-refractivity contribution in [1.29, 1.82) is 0 Å². The van der Waals surface area contributed by atoms with Gasteiger partial charge in [-0.05, 0) is 18.4 Å². The van der Waals surface area contributed by atoms with E-state index in [-0.39, 0.29) is 19.4 Å². The quantitative estimate of drug-likeness (QED) is 0.329. The van der Waals surface area contributed by atoms with Crippen molar-refractivity contribution in [2.75, 3.05) is 0 Å². The van der Waals surface area contributed by atoms with Gasteiger partial charge in [-0.15, -0.1) is 0 Å². The van der Waals surface area contributed by atoms with Crippen molar-refractivity contribution in [3.8, 4) is 0 Å². The van der Waals surface area contributed by atoms with E-state index >= 15 is 0 Å². The number of carbonyl (C=O) groups is 5. The Hall–Kier alpha value is -3.63. The highest BCUT2D eigenvalue weighted by Crippen LogP contribution is 2.04. The highest BCUT2D eigenvalue weighted by molar-refractivity contribution is 5.85. The number of carbonyl (C=O) groups excluding carboxylic acids is 2. The molecule has 0 saturated heterocycles. The van der Waals surface area contributed by atoms with E-state index < -0.39 is 54.8 Å². The first-order valence-electron chi connectivity index (χ1n) is 8.63.